The van der Waals surface area contributed by atoms with Crippen molar-refractivity contribution in [2.24, 2.45) is 0 Å². The van der Waals surface area contributed by atoms with Crippen LogP contribution in [0.25, 0.3) is 0 Å². The molecule has 2 saturated heterocycles. The van der Waals surface area contributed by atoms with Crippen molar-refractivity contribution in [3.8, 4) is 11.5 Å². The van der Waals surface area contributed by atoms with Crippen molar-refractivity contribution in [3.05, 3.63) is 48.2 Å². The highest BCUT2D eigenvalue weighted by atomic mass is 16.7. The molecule has 0 saturated carbocycles. The zero-order valence-electron chi connectivity index (χ0n) is 15.9. The number of fused-ring (bicyclic) bond motifs is 1. The fourth-order valence-corrected chi connectivity index (χ4v) is 4.51. The molecule has 28 heavy (non-hydrogen) atoms. The maximum absolute atomic E-state index is 10.7. The zero-order valence-corrected chi connectivity index (χ0v) is 15.9. The van der Waals surface area contributed by atoms with E-state index in [0.29, 0.717) is 6.54 Å². The molecule has 2 aromatic rings. The Morgan fingerprint density at radius 3 is 2.71 bits per heavy atom. The summed E-state index contributed by atoms with van der Waals surface area (Å²) in [6.07, 6.45) is 1.52. The fraction of sp³-hybridized carbons (Fsp3) is 0.476. The summed E-state index contributed by atoms with van der Waals surface area (Å²) in [5.41, 5.74) is 1.13. The van der Waals surface area contributed by atoms with Crippen LogP contribution >= 0.6 is 0 Å². The van der Waals surface area contributed by atoms with Gasteiger partial charge in [-0.3, -0.25) is 9.80 Å². The largest absolute Gasteiger partial charge is 0.454 e. The van der Waals surface area contributed by atoms with E-state index in [2.05, 4.69) is 31.8 Å². The molecule has 4 heterocycles. The van der Waals surface area contributed by atoms with Crippen molar-refractivity contribution < 1.29 is 14.6 Å². The lowest BCUT2D eigenvalue weighted by Gasteiger charge is -2.39. The van der Waals surface area contributed by atoms with Crippen molar-refractivity contribution in [2.45, 2.75) is 18.7 Å². The maximum Gasteiger partial charge on any atom is 0.231 e. The Morgan fingerprint density at radius 1 is 1.00 bits per heavy atom. The number of piperazine rings is 1. The van der Waals surface area contributed by atoms with Crippen molar-refractivity contribution in [1.29, 1.82) is 0 Å². The van der Waals surface area contributed by atoms with E-state index in [0.717, 1.165) is 62.1 Å². The first kappa shape index (κ1) is 17.7. The van der Waals surface area contributed by atoms with Crippen molar-refractivity contribution in [3.63, 3.8) is 0 Å². The Labute approximate surface area is 165 Å². The van der Waals surface area contributed by atoms with Gasteiger partial charge in [0.05, 0.1) is 6.10 Å². The number of hydrogen-bond acceptors (Lipinski definition) is 7. The van der Waals surface area contributed by atoms with E-state index < -0.39 is 0 Å². The van der Waals surface area contributed by atoms with Gasteiger partial charge in [-0.2, -0.15) is 0 Å². The lowest BCUT2D eigenvalue weighted by atomic mass is 10.1. The number of rotatable bonds is 4. The van der Waals surface area contributed by atoms with Crippen LogP contribution in [0, 0.1) is 0 Å². The summed E-state index contributed by atoms with van der Waals surface area (Å²) in [6, 6.07) is 12.2. The molecule has 0 radical (unpaired) electrons. The van der Waals surface area contributed by atoms with E-state index in [1.807, 2.05) is 30.5 Å². The van der Waals surface area contributed by atoms with Crippen molar-refractivity contribution in [1.82, 2.24) is 14.8 Å². The van der Waals surface area contributed by atoms with E-state index in [9.17, 15) is 5.11 Å². The smallest absolute Gasteiger partial charge is 0.231 e. The third-order valence-electron chi connectivity index (χ3n) is 5.96. The third-order valence-corrected chi connectivity index (χ3v) is 5.96. The highest BCUT2D eigenvalue weighted by Crippen LogP contribution is 2.36. The number of hydrogen-bond donors (Lipinski definition) is 1. The first-order valence-corrected chi connectivity index (χ1v) is 9.96. The van der Waals surface area contributed by atoms with Gasteiger partial charge in [0, 0.05) is 63.6 Å². The average Bonchev–Trinajstić information content (AvgIpc) is 3.36. The molecule has 5 rings (SSSR count). The fourth-order valence-electron chi connectivity index (χ4n) is 4.51. The number of aliphatic hydroxyl groups is 1. The van der Waals surface area contributed by atoms with Crippen LogP contribution in [0.2, 0.25) is 0 Å². The maximum atomic E-state index is 10.7. The van der Waals surface area contributed by atoms with Gasteiger partial charge in [0.25, 0.3) is 0 Å². The number of anilines is 1. The molecule has 3 aliphatic heterocycles. The Morgan fingerprint density at radius 2 is 1.89 bits per heavy atom. The summed E-state index contributed by atoms with van der Waals surface area (Å²) < 4.78 is 11.1. The van der Waals surface area contributed by atoms with Crippen molar-refractivity contribution >= 4 is 5.82 Å². The van der Waals surface area contributed by atoms with E-state index in [1.54, 1.807) is 0 Å². The Balaban J connectivity index is 1.20. The van der Waals surface area contributed by atoms with Gasteiger partial charge in [0.2, 0.25) is 6.79 Å². The number of para-hydroxylation sites is 1. The molecule has 2 fully saturated rings. The highest BCUT2D eigenvalue weighted by molar-refractivity contribution is 5.48. The molecule has 0 unspecified atom stereocenters. The normalized spacial score (nSPS) is 25.4. The van der Waals surface area contributed by atoms with Crippen LogP contribution in [0.1, 0.15) is 5.56 Å². The average molecular weight is 382 g/mol. The number of ether oxygens (including phenoxy) is 2. The minimum atomic E-state index is -0.324. The molecule has 148 valence electrons. The van der Waals surface area contributed by atoms with Crippen LogP contribution in [0.15, 0.2) is 42.6 Å². The van der Waals surface area contributed by atoms with Gasteiger partial charge in [-0.25, -0.2) is 4.98 Å². The molecule has 0 spiro atoms. The Kier molecular flexibility index (Phi) is 4.80. The first-order valence-electron chi connectivity index (χ1n) is 9.96. The predicted molar refractivity (Wildman–Crippen MR) is 106 cm³/mol. The monoisotopic (exact) mass is 382 g/mol. The third kappa shape index (κ3) is 3.41. The molecule has 0 aliphatic carbocycles. The number of aromatic nitrogens is 1. The van der Waals surface area contributed by atoms with Gasteiger partial charge >= 0.3 is 0 Å². The van der Waals surface area contributed by atoms with Crippen LogP contribution in [-0.4, -0.2) is 78.1 Å². The second-order valence-electron chi connectivity index (χ2n) is 7.69. The van der Waals surface area contributed by atoms with Gasteiger partial charge in [0.15, 0.2) is 11.5 Å². The number of benzene rings is 1. The number of likely N-dealkylation sites (tertiary alicyclic amines) is 1. The Bertz CT molecular complexity index is 811. The lowest BCUT2D eigenvalue weighted by Crippen LogP contribution is -2.53. The second-order valence-corrected chi connectivity index (χ2v) is 7.69. The van der Waals surface area contributed by atoms with Crippen molar-refractivity contribution in [2.75, 3.05) is 51.0 Å². The number of pyridine rings is 1. The molecule has 1 aromatic carbocycles. The van der Waals surface area contributed by atoms with Crippen LogP contribution in [0.4, 0.5) is 5.82 Å². The summed E-state index contributed by atoms with van der Waals surface area (Å²) >= 11 is 0. The van der Waals surface area contributed by atoms with E-state index in [4.69, 9.17) is 9.47 Å². The minimum absolute atomic E-state index is 0.180. The summed E-state index contributed by atoms with van der Waals surface area (Å²) in [4.78, 5) is 11.5. The van der Waals surface area contributed by atoms with E-state index >= 15 is 0 Å². The van der Waals surface area contributed by atoms with Crippen LogP contribution in [0.3, 0.4) is 0 Å². The quantitative estimate of drug-likeness (QED) is 0.852. The molecular weight excluding hydrogens is 356 g/mol. The van der Waals surface area contributed by atoms with E-state index in [-0.39, 0.29) is 18.9 Å². The van der Waals surface area contributed by atoms with E-state index in [1.165, 1.54) is 0 Å². The molecule has 3 aliphatic rings. The molecule has 0 amide bonds. The summed E-state index contributed by atoms with van der Waals surface area (Å²) in [5, 5.41) is 10.7. The zero-order chi connectivity index (χ0) is 18.9. The topological polar surface area (TPSA) is 61.3 Å². The number of β-amino-alcohol motifs (C(OH)–C–C–N with tert-alkyl or cyclic N) is 1. The molecule has 7 heteroatoms. The van der Waals surface area contributed by atoms with Crippen LogP contribution in [-0.2, 0) is 6.54 Å². The molecule has 1 aromatic heterocycles. The molecule has 2 atom stereocenters. The minimum Gasteiger partial charge on any atom is -0.454 e. The standard InChI is InChI=1S/C21H26N4O3/c26-18-14-23(12-16-4-3-5-19-21(16)28-15-27-19)13-17(18)24-8-10-25(11-9-24)20-6-1-2-7-22-20/h1-7,17-18,26H,8-15H2/t17-,18-/m1/s1. The molecule has 7 nitrogen and oxygen atoms in total. The summed E-state index contributed by atoms with van der Waals surface area (Å²) in [6.45, 7) is 6.40. The number of aliphatic hydroxyl groups excluding tert-OH is 1. The second kappa shape index (κ2) is 7.58. The first-order chi connectivity index (χ1) is 13.8. The van der Waals surface area contributed by atoms with Crippen LogP contribution < -0.4 is 14.4 Å². The van der Waals surface area contributed by atoms with Crippen LogP contribution in [0.5, 0.6) is 11.5 Å². The lowest BCUT2D eigenvalue weighted by molar-refractivity contribution is 0.0790. The summed E-state index contributed by atoms with van der Waals surface area (Å²) in [5.74, 6) is 2.71. The SMILES string of the molecule is O[C@@H]1CN(Cc2cccc3c2OCO3)C[C@H]1N1CCN(c2ccccn2)CC1. The van der Waals surface area contributed by atoms with Gasteiger partial charge in [0.1, 0.15) is 5.82 Å². The highest BCUT2D eigenvalue weighted by Gasteiger charge is 2.37. The predicted octanol–water partition coefficient (Wildman–Crippen LogP) is 1.18. The molecule has 1 N–H and O–H groups in total. The summed E-state index contributed by atoms with van der Waals surface area (Å²) in [7, 11) is 0. The van der Waals surface area contributed by atoms with Gasteiger partial charge < -0.3 is 19.5 Å². The van der Waals surface area contributed by atoms with Gasteiger partial charge in [-0.05, 0) is 18.2 Å². The number of nitrogens with zero attached hydrogens (tertiary/aromatic N) is 4. The van der Waals surface area contributed by atoms with Gasteiger partial charge in [-0.1, -0.05) is 18.2 Å². The molecule has 0 bridgehead atoms. The Hall–Kier alpha value is -2.35. The van der Waals surface area contributed by atoms with Gasteiger partial charge in [-0.15, -0.1) is 0 Å². The molecular formula is C21H26N4O3.